The number of carbonyl (C=O) groups is 2. The van der Waals surface area contributed by atoms with Gasteiger partial charge in [-0.2, -0.15) is 5.10 Å². The van der Waals surface area contributed by atoms with Gasteiger partial charge in [0.05, 0.1) is 0 Å². The van der Waals surface area contributed by atoms with Crippen molar-refractivity contribution < 1.29 is 14.7 Å². The topological polar surface area (TPSA) is 84.2 Å². The third-order valence-corrected chi connectivity index (χ3v) is 2.96. The average molecular weight is 267 g/mol. The zero-order chi connectivity index (χ0) is 14.7. The van der Waals surface area contributed by atoms with Crippen LogP contribution in [0.3, 0.4) is 0 Å². The highest BCUT2D eigenvalue weighted by Crippen LogP contribution is 2.15. The Morgan fingerprint density at radius 1 is 1.32 bits per heavy atom. The van der Waals surface area contributed by atoms with Gasteiger partial charge in [-0.3, -0.25) is 9.48 Å². The first kappa shape index (κ1) is 15.2. The Morgan fingerprint density at radius 2 is 1.89 bits per heavy atom. The molecule has 2 N–H and O–H groups in total. The molecule has 0 spiro atoms. The minimum atomic E-state index is -1.04. The number of hydrogen-bond donors (Lipinski definition) is 2. The van der Waals surface area contributed by atoms with Gasteiger partial charge in [0, 0.05) is 12.7 Å². The fourth-order valence-corrected chi connectivity index (χ4v) is 1.86. The second-order valence-electron chi connectivity index (χ2n) is 5.27. The summed E-state index contributed by atoms with van der Waals surface area (Å²) in [6.45, 7) is 7.51. The van der Waals surface area contributed by atoms with Crippen molar-refractivity contribution in [3.8, 4) is 0 Å². The van der Waals surface area contributed by atoms with Crippen LogP contribution in [-0.4, -0.2) is 32.8 Å². The van der Waals surface area contributed by atoms with E-state index in [2.05, 4.69) is 10.4 Å². The molecule has 0 radical (unpaired) electrons. The molecule has 0 fully saturated rings. The number of aromatic nitrogens is 2. The number of rotatable bonds is 5. The highest BCUT2D eigenvalue weighted by Gasteiger charge is 2.25. The van der Waals surface area contributed by atoms with E-state index in [0.29, 0.717) is 0 Å². The number of amides is 1. The van der Waals surface area contributed by atoms with Gasteiger partial charge < -0.3 is 10.4 Å². The fraction of sp³-hybridized carbons (Fsp3) is 0.615. The van der Waals surface area contributed by atoms with Crippen LogP contribution < -0.4 is 5.32 Å². The molecular weight excluding hydrogens is 246 g/mol. The van der Waals surface area contributed by atoms with Crippen molar-refractivity contribution in [1.29, 1.82) is 0 Å². The van der Waals surface area contributed by atoms with E-state index in [1.165, 1.54) is 0 Å². The number of hydrogen-bond acceptors (Lipinski definition) is 3. The van der Waals surface area contributed by atoms with Gasteiger partial charge in [-0.1, -0.05) is 27.7 Å². The molecule has 0 saturated carbocycles. The largest absolute Gasteiger partial charge is 0.480 e. The maximum atomic E-state index is 12.0. The van der Waals surface area contributed by atoms with E-state index in [9.17, 15) is 9.59 Å². The first-order chi connectivity index (χ1) is 8.73. The van der Waals surface area contributed by atoms with Crippen molar-refractivity contribution in [2.75, 3.05) is 0 Å². The van der Waals surface area contributed by atoms with Crippen molar-refractivity contribution in [3.63, 3.8) is 0 Å². The van der Waals surface area contributed by atoms with Crippen LogP contribution in [0.4, 0.5) is 0 Å². The van der Waals surface area contributed by atoms with E-state index in [-0.39, 0.29) is 17.5 Å². The summed E-state index contributed by atoms with van der Waals surface area (Å²) in [5.41, 5.74) is 1.18. The number of nitrogens with one attached hydrogen (secondary N) is 1. The van der Waals surface area contributed by atoms with Crippen LogP contribution in [0.25, 0.3) is 0 Å². The third kappa shape index (κ3) is 3.56. The van der Waals surface area contributed by atoms with Gasteiger partial charge >= 0.3 is 5.97 Å². The molecule has 6 nitrogen and oxygen atoms in total. The standard InChI is InChI=1S/C13H21N3O3/c1-7(2)10-6-9(15-16(10)5)12(17)14-11(8(3)4)13(18)19/h6-8,11H,1-5H3,(H,14,17)(H,18,19). The Bertz CT molecular complexity index is 477. The van der Waals surface area contributed by atoms with Crippen LogP contribution in [0.5, 0.6) is 0 Å². The fourth-order valence-electron chi connectivity index (χ4n) is 1.86. The van der Waals surface area contributed by atoms with Crippen molar-refractivity contribution in [2.45, 2.75) is 39.7 Å². The van der Waals surface area contributed by atoms with Gasteiger partial charge in [-0.25, -0.2) is 4.79 Å². The molecule has 1 heterocycles. The molecule has 0 aliphatic rings. The molecule has 1 unspecified atom stereocenters. The molecule has 19 heavy (non-hydrogen) atoms. The summed E-state index contributed by atoms with van der Waals surface area (Å²) >= 11 is 0. The van der Waals surface area contributed by atoms with Crippen LogP contribution in [0.2, 0.25) is 0 Å². The molecule has 0 aromatic carbocycles. The van der Waals surface area contributed by atoms with Gasteiger partial charge in [-0.15, -0.1) is 0 Å². The average Bonchev–Trinajstić information content (AvgIpc) is 2.67. The first-order valence-corrected chi connectivity index (χ1v) is 6.31. The maximum Gasteiger partial charge on any atom is 0.326 e. The van der Waals surface area contributed by atoms with Crippen LogP contribution in [0.1, 0.15) is 49.8 Å². The predicted octanol–water partition coefficient (Wildman–Crippen LogP) is 1.38. The number of carbonyl (C=O) groups excluding carboxylic acids is 1. The lowest BCUT2D eigenvalue weighted by molar-refractivity contribution is -0.140. The van der Waals surface area contributed by atoms with Gasteiger partial charge in [0.15, 0.2) is 0 Å². The van der Waals surface area contributed by atoms with Crippen LogP contribution in [0.15, 0.2) is 6.07 Å². The number of aryl methyl sites for hydroxylation is 1. The summed E-state index contributed by atoms with van der Waals surface area (Å²) in [5, 5.41) is 15.7. The minimum absolute atomic E-state index is 0.185. The normalized spacial score (nSPS) is 12.8. The Hall–Kier alpha value is -1.85. The number of carboxylic acid groups (broad SMARTS) is 1. The van der Waals surface area contributed by atoms with Gasteiger partial charge in [0.2, 0.25) is 0 Å². The lowest BCUT2D eigenvalue weighted by Gasteiger charge is -2.16. The zero-order valence-corrected chi connectivity index (χ0v) is 12.0. The molecule has 0 aliphatic carbocycles. The molecule has 0 saturated heterocycles. The van der Waals surface area contributed by atoms with Gasteiger partial charge in [0.1, 0.15) is 11.7 Å². The highest BCUT2D eigenvalue weighted by atomic mass is 16.4. The van der Waals surface area contributed by atoms with E-state index in [1.54, 1.807) is 31.6 Å². The molecular formula is C13H21N3O3. The second-order valence-corrected chi connectivity index (χ2v) is 5.27. The van der Waals surface area contributed by atoms with E-state index in [1.807, 2.05) is 13.8 Å². The Balaban J connectivity index is 2.89. The predicted molar refractivity (Wildman–Crippen MR) is 71.0 cm³/mol. The van der Waals surface area contributed by atoms with Crippen LogP contribution >= 0.6 is 0 Å². The Kier molecular flexibility index (Phi) is 4.69. The SMILES string of the molecule is CC(C)c1cc(C(=O)NC(C(=O)O)C(C)C)nn1C. The van der Waals surface area contributed by atoms with Gasteiger partial charge in [0.25, 0.3) is 5.91 Å². The summed E-state index contributed by atoms with van der Waals surface area (Å²) < 4.78 is 1.64. The number of aliphatic carboxylic acids is 1. The summed E-state index contributed by atoms with van der Waals surface area (Å²) in [5.74, 6) is -1.43. The van der Waals surface area contributed by atoms with E-state index >= 15 is 0 Å². The Morgan fingerprint density at radius 3 is 2.26 bits per heavy atom. The molecule has 1 aromatic heterocycles. The zero-order valence-electron chi connectivity index (χ0n) is 12.0. The third-order valence-electron chi connectivity index (χ3n) is 2.96. The van der Waals surface area contributed by atoms with Crippen molar-refractivity contribution in [1.82, 2.24) is 15.1 Å². The van der Waals surface area contributed by atoms with Crippen LogP contribution in [0, 0.1) is 5.92 Å². The molecule has 1 amide bonds. The molecule has 1 atom stereocenters. The van der Waals surface area contributed by atoms with Gasteiger partial charge in [-0.05, 0) is 17.9 Å². The monoisotopic (exact) mass is 267 g/mol. The summed E-state index contributed by atoms with van der Waals surface area (Å²) in [4.78, 5) is 23.0. The smallest absolute Gasteiger partial charge is 0.326 e. The van der Waals surface area contributed by atoms with Crippen LogP contribution in [-0.2, 0) is 11.8 Å². The van der Waals surface area contributed by atoms with Crippen molar-refractivity contribution in [2.24, 2.45) is 13.0 Å². The molecule has 0 aliphatic heterocycles. The van der Waals surface area contributed by atoms with Crippen molar-refractivity contribution in [3.05, 3.63) is 17.5 Å². The molecule has 6 heteroatoms. The number of nitrogens with zero attached hydrogens (tertiary/aromatic N) is 2. The first-order valence-electron chi connectivity index (χ1n) is 6.31. The molecule has 1 rings (SSSR count). The second kappa shape index (κ2) is 5.86. The minimum Gasteiger partial charge on any atom is -0.480 e. The molecule has 106 valence electrons. The summed E-state index contributed by atoms with van der Waals surface area (Å²) in [6.07, 6.45) is 0. The Labute approximate surface area is 112 Å². The maximum absolute atomic E-state index is 12.0. The van der Waals surface area contributed by atoms with E-state index < -0.39 is 17.9 Å². The quantitative estimate of drug-likeness (QED) is 0.844. The molecule has 1 aromatic rings. The summed E-state index contributed by atoms with van der Waals surface area (Å²) in [7, 11) is 1.77. The summed E-state index contributed by atoms with van der Waals surface area (Å²) in [6, 6.07) is 0.788. The lowest BCUT2D eigenvalue weighted by Crippen LogP contribution is -2.44. The molecule has 0 bridgehead atoms. The van der Waals surface area contributed by atoms with E-state index in [0.717, 1.165) is 5.69 Å². The van der Waals surface area contributed by atoms with Crippen molar-refractivity contribution >= 4 is 11.9 Å². The highest BCUT2D eigenvalue weighted by molar-refractivity contribution is 5.95. The van der Waals surface area contributed by atoms with E-state index in [4.69, 9.17) is 5.11 Å². The lowest BCUT2D eigenvalue weighted by atomic mass is 10.0. The number of carboxylic acids is 1.